The fourth-order valence-corrected chi connectivity index (χ4v) is 2.76. The lowest BCUT2D eigenvalue weighted by Crippen LogP contribution is -2.24. The molecule has 22 heavy (non-hydrogen) atoms. The summed E-state index contributed by atoms with van der Waals surface area (Å²) >= 11 is 0. The molecule has 1 aliphatic rings. The monoisotopic (exact) mass is 304 g/mol. The summed E-state index contributed by atoms with van der Waals surface area (Å²) in [7, 11) is 1.47. The number of methoxy groups -OCH3 is 1. The van der Waals surface area contributed by atoms with Gasteiger partial charge in [-0.2, -0.15) is 15.2 Å². The molecule has 1 aliphatic heterocycles. The Labute approximate surface area is 126 Å². The van der Waals surface area contributed by atoms with E-state index < -0.39 is 17.7 Å². The van der Waals surface area contributed by atoms with Gasteiger partial charge in [-0.05, 0) is 13.3 Å². The molecule has 0 radical (unpaired) electrons. The molecule has 3 rings (SSSR count). The Morgan fingerprint density at radius 2 is 2.41 bits per heavy atom. The molecule has 0 amide bonds. The fourth-order valence-electron chi connectivity index (χ4n) is 2.76. The zero-order chi connectivity index (χ0) is 15.9. The van der Waals surface area contributed by atoms with Crippen molar-refractivity contribution in [2.24, 2.45) is 5.41 Å². The van der Waals surface area contributed by atoms with Crippen LogP contribution in [0.2, 0.25) is 0 Å². The molecular formula is C13H16N6O3. The highest BCUT2D eigenvalue weighted by Crippen LogP contribution is 2.45. The van der Waals surface area contributed by atoms with E-state index in [1.807, 2.05) is 0 Å². The second-order valence-electron chi connectivity index (χ2n) is 5.44. The zero-order valence-electron chi connectivity index (χ0n) is 12.2. The summed E-state index contributed by atoms with van der Waals surface area (Å²) in [6.07, 6.45) is 0.899. The van der Waals surface area contributed by atoms with Gasteiger partial charge in [-0.25, -0.2) is 4.98 Å². The number of aliphatic hydroxyl groups is 1. The summed E-state index contributed by atoms with van der Waals surface area (Å²) in [5.41, 5.74) is 5.74. The van der Waals surface area contributed by atoms with Gasteiger partial charge in [-0.1, -0.05) is 0 Å². The van der Waals surface area contributed by atoms with Crippen molar-refractivity contribution in [3.63, 3.8) is 0 Å². The van der Waals surface area contributed by atoms with Crippen LogP contribution in [0, 0.1) is 16.7 Å². The maximum atomic E-state index is 9.51. The summed E-state index contributed by atoms with van der Waals surface area (Å²) in [6, 6.07) is 2.26. The quantitative estimate of drug-likeness (QED) is 0.823. The van der Waals surface area contributed by atoms with E-state index in [2.05, 4.69) is 21.0 Å². The van der Waals surface area contributed by atoms with Crippen LogP contribution in [0.5, 0.6) is 5.88 Å². The molecule has 9 nitrogen and oxygen atoms in total. The topological polar surface area (TPSA) is 132 Å². The Morgan fingerprint density at radius 3 is 3.05 bits per heavy atom. The number of fused-ring (bicyclic) bond motifs is 1. The lowest BCUT2D eigenvalue weighted by atomic mass is 9.87. The highest BCUT2D eigenvalue weighted by molar-refractivity contribution is 5.77. The van der Waals surface area contributed by atoms with E-state index >= 15 is 0 Å². The van der Waals surface area contributed by atoms with Crippen molar-refractivity contribution in [1.29, 1.82) is 5.26 Å². The first kappa shape index (κ1) is 14.5. The molecule has 9 heteroatoms. The zero-order valence-corrected chi connectivity index (χ0v) is 12.2. The van der Waals surface area contributed by atoms with Gasteiger partial charge in [0.1, 0.15) is 5.41 Å². The lowest BCUT2D eigenvalue weighted by molar-refractivity contribution is -0.0384. The highest BCUT2D eigenvalue weighted by Gasteiger charge is 2.47. The minimum Gasteiger partial charge on any atom is -0.479 e. The Bertz CT molecular complexity index is 754. The van der Waals surface area contributed by atoms with Crippen LogP contribution >= 0.6 is 0 Å². The van der Waals surface area contributed by atoms with Gasteiger partial charge >= 0.3 is 0 Å². The van der Waals surface area contributed by atoms with E-state index in [1.54, 1.807) is 11.5 Å². The van der Waals surface area contributed by atoms with Crippen molar-refractivity contribution >= 4 is 17.1 Å². The van der Waals surface area contributed by atoms with Gasteiger partial charge in [0.25, 0.3) is 0 Å². The minimum atomic E-state index is -0.812. The first-order chi connectivity index (χ1) is 10.5. The third-order valence-corrected chi connectivity index (χ3v) is 3.83. The van der Waals surface area contributed by atoms with Gasteiger partial charge in [-0.15, -0.1) is 0 Å². The standard InChI is InChI=1S/C13H16N6O3/c1-13(5-14)3-7(4-20)22-11(13)19-6-16-8-9(19)17-12(15)18-10(8)21-2/h6-7,11,20H,3-4H2,1-2H3,(H2,15,17,18). The molecule has 0 saturated carbocycles. The number of nitrogens with zero attached hydrogens (tertiary/aromatic N) is 5. The number of imidazole rings is 1. The molecule has 3 atom stereocenters. The Kier molecular flexibility index (Phi) is 3.35. The van der Waals surface area contributed by atoms with Crippen LogP contribution in [-0.4, -0.2) is 44.4 Å². The number of nitriles is 1. The van der Waals surface area contributed by atoms with Crippen LogP contribution in [-0.2, 0) is 4.74 Å². The number of rotatable bonds is 3. The van der Waals surface area contributed by atoms with Crippen LogP contribution in [0.4, 0.5) is 5.95 Å². The molecule has 1 saturated heterocycles. The molecule has 2 aromatic rings. The number of aliphatic hydroxyl groups excluding tert-OH is 1. The van der Waals surface area contributed by atoms with E-state index in [1.165, 1.54) is 13.4 Å². The van der Waals surface area contributed by atoms with Crippen molar-refractivity contribution < 1.29 is 14.6 Å². The van der Waals surface area contributed by atoms with Crippen molar-refractivity contribution in [1.82, 2.24) is 19.5 Å². The van der Waals surface area contributed by atoms with Gasteiger partial charge in [0, 0.05) is 0 Å². The van der Waals surface area contributed by atoms with E-state index in [0.717, 1.165) is 0 Å². The second-order valence-corrected chi connectivity index (χ2v) is 5.44. The number of hydrogen-bond acceptors (Lipinski definition) is 8. The predicted octanol–water partition coefficient (Wildman–Crippen LogP) is 0.227. The lowest BCUT2D eigenvalue weighted by Gasteiger charge is -2.23. The summed E-state index contributed by atoms with van der Waals surface area (Å²) in [5, 5.41) is 18.8. The molecule has 0 aromatic carbocycles. The smallest absolute Gasteiger partial charge is 0.246 e. The molecule has 3 unspecified atom stereocenters. The molecule has 3 N–H and O–H groups in total. The Hall–Kier alpha value is -2.44. The second kappa shape index (κ2) is 5.08. The number of ether oxygens (including phenoxy) is 2. The van der Waals surface area contributed by atoms with Crippen molar-refractivity contribution in [3.8, 4) is 11.9 Å². The largest absolute Gasteiger partial charge is 0.479 e. The van der Waals surface area contributed by atoms with Gasteiger partial charge < -0.3 is 20.3 Å². The van der Waals surface area contributed by atoms with Crippen LogP contribution in [0.15, 0.2) is 6.33 Å². The van der Waals surface area contributed by atoms with Gasteiger partial charge in [-0.3, -0.25) is 4.57 Å². The highest BCUT2D eigenvalue weighted by atomic mass is 16.5. The molecular weight excluding hydrogens is 288 g/mol. The van der Waals surface area contributed by atoms with Crippen LogP contribution in [0.1, 0.15) is 19.6 Å². The van der Waals surface area contributed by atoms with Crippen LogP contribution < -0.4 is 10.5 Å². The molecule has 1 fully saturated rings. The van der Waals surface area contributed by atoms with Crippen LogP contribution in [0.3, 0.4) is 0 Å². The maximum Gasteiger partial charge on any atom is 0.246 e. The third kappa shape index (κ3) is 2.04. The normalized spacial score (nSPS) is 27.9. The predicted molar refractivity (Wildman–Crippen MR) is 75.6 cm³/mol. The number of nitrogen functional groups attached to an aromatic ring is 1. The summed E-state index contributed by atoms with van der Waals surface area (Å²) in [6.45, 7) is 1.63. The van der Waals surface area contributed by atoms with Crippen molar-refractivity contribution in [3.05, 3.63) is 6.33 Å². The fraction of sp³-hybridized carbons (Fsp3) is 0.538. The van der Waals surface area contributed by atoms with Gasteiger partial charge in [0.2, 0.25) is 11.8 Å². The molecule has 0 aliphatic carbocycles. The SMILES string of the molecule is COc1nc(N)nc2c1ncn2C1OC(CO)CC1(C)C#N. The first-order valence-corrected chi connectivity index (χ1v) is 6.74. The molecule has 3 heterocycles. The molecule has 116 valence electrons. The number of anilines is 1. The van der Waals surface area contributed by atoms with Crippen molar-refractivity contribution in [2.75, 3.05) is 19.5 Å². The Balaban J connectivity index is 2.14. The molecule has 0 spiro atoms. The van der Waals surface area contributed by atoms with Gasteiger partial charge in [0.15, 0.2) is 17.4 Å². The average Bonchev–Trinajstić information content (AvgIpc) is 3.07. The number of aromatic nitrogens is 4. The van der Waals surface area contributed by atoms with Crippen LogP contribution in [0.25, 0.3) is 11.2 Å². The Morgan fingerprint density at radius 1 is 1.64 bits per heavy atom. The summed E-state index contributed by atoms with van der Waals surface area (Å²) < 4.78 is 12.6. The third-order valence-electron chi connectivity index (χ3n) is 3.83. The first-order valence-electron chi connectivity index (χ1n) is 6.74. The number of hydrogen-bond donors (Lipinski definition) is 2. The summed E-state index contributed by atoms with van der Waals surface area (Å²) in [5.74, 6) is 0.304. The van der Waals surface area contributed by atoms with Gasteiger partial charge in [0.05, 0.1) is 32.2 Å². The van der Waals surface area contributed by atoms with E-state index in [0.29, 0.717) is 17.6 Å². The van der Waals surface area contributed by atoms with Crippen molar-refractivity contribution in [2.45, 2.75) is 25.7 Å². The van der Waals surface area contributed by atoms with E-state index in [4.69, 9.17) is 15.2 Å². The van der Waals surface area contributed by atoms with E-state index in [-0.39, 0.29) is 18.4 Å². The maximum absolute atomic E-state index is 9.51. The minimum absolute atomic E-state index is 0.0430. The summed E-state index contributed by atoms with van der Waals surface area (Å²) in [4.78, 5) is 12.4. The van der Waals surface area contributed by atoms with E-state index in [9.17, 15) is 10.4 Å². The number of nitrogens with two attached hydrogens (primary N) is 1. The average molecular weight is 304 g/mol. The molecule has 0 bridgehead atoms. The molecule has 2 aromatic heterocycles.